The first-order valence-electron chi connectivity index (χ1n) is 6.18. The van der Waals surface area contributed by atoms with E-state index in [1.165, 1.54) is 19.2 Å². The fourth-order valence-electron chi connectivity index (χ4n) is 1.93. The van der Waals surface area contributed by atoms with E-state index in [1.54, 1.807) is 0 Å². The van der Waals surface area contributed by atoms with Crippen molar-refractivity contribution in [3.05, 3.63) is 29.3 Å². The lowest BCUT2D eigenvalue weighted by Gasteiger charge is -2.20. The second-order valence-corrected chi connectivity index (χ2v) is 4.83. The average Bonchev–Trinajstić information content (AvgIpc) is 3.07. The number of hydrogen-bond acceptors (Lipinski definition) is 2. The second kappa shape index (κ2) is 5.77. The zero-order valence-electron chi connectivity index (χ0n) is 10.6. The molecule has 1 aliphatic rings. The van der Waals surface area contributed by atoms with Crippen LogP contribution in [0.2, 0.25) is 0 Å². The third kappa shape index (κ3) is 3.83. The molecule has 2 rings (SSSR count). The Kier molecular flexibility index (Phi) is 4.29. The fourth-order valence-corrected chi connectivity index (χ4v) is 1.93. The molecule has 19 heavy (non-hydrogen) atoms. The maximum Gasteiger partial charge on any atom is 0.255 e. The van der Waals surface area contributed by atoms with Gasteiger partial charge >= 0.3 is 0 Å². The molecule has 0 unspecified atom stereocenters. The minimum atomic E-state index is -2.64. The highest BCUT2D eigenvalue weighted by atomic mass is 19.3. The smallest absolute Gasteiger partial charge is 0.255 e. The monoisotopic (exact) mass is 276 g/mol. The van der Waals surface area contributed by atoms with Crippen molar-refractivity contribution in [2.75, 3.05) is 18.5 Å². The van der Waals surface area contributed by atoms with Crippen LogP contribution >= 0.6 is 0 Å². The van der Waals surface area contributed by atoms with Crippen LogP contribution in [-0.2, 0) is 6.54 Å². The minimum Gasteiger partial charge on any atom is -0.364 e. The Labute approximate surface area is 109 Å². The van der Waals surface area contributed by atoms with Crippen molar-refractivity contribution in [2.45, 2.75) is 31.9 Å². The van der Waals surface area contributed by atoms with Gasteiger partial charge in [0.2, 0.25) is 0 Å². The van der Waals surface area contributed by atoms with Gasteiger partial charge in [0, 0.05) is 19.6 Å². The summed E-state index contributed by atoms with van der Waals surface area (Å²) < 4.78 is 52.1. The van der Waals surface area contributed by atoms with E-state index in [-0.39, 0.29) is 0 Å². The molecule has 1 aromatic carbocycles. The number of hydrogen-bond donors (Lipinski definition) is 1. The number of nitrogens with zero attached hydrogens (tertiary/aromatic N) is 1. The lowest BCUT2D eigenvalue weighted by Crippen LogP contribution is -2.26. The van der Waals surface area contributed by atoms with Crippen molar-refractivity contribution in [3.63, 3.8) is 0 Å². The second-order valence-electron chi connectivity index (χ2n) is 4.83. The van der Waals surface area contributed by atoms with E-state index in [1.807, 2.05) is 0 Å². The van der Waals surface area contributed by atoms with Gasteiger partial charge < -0.3 is 10.2 Å². The highest BCUT2D eigenvalue weighted by Gasteiger charge is 2.21. The Morgan fingerprint density at radius 3 is 2.32 bits per heavy atom. The van der Waals surface area contributed by atoms with Gasteiger partial charge in [-0.3, -0.25) is 0 Å². The normalized spacial score (nSPS) is 15.1. The standard InChI is InChI=1S/C13H16F4N2/c1-19(7-12(16)17)13-10(14)4-8(5-11(13)15)6-18-9-2-3-9/h4-5,9,12,18H,2-3,6-7H2,1H3. The Balaban J connectivity index is 2.10. The number of nitrogens with one attached hydrogen (secondary N) is 1. The Morgan fingerprint density at radius 2 is 1.84 bits per heavy atom. The molecule has 0 saturated heterocycles. The third-order valence-electron chi connectivity index (χ3n) is 3.04. The fraction of sp³-hybridized carbons (Fsp3) is 0.538. The van der Waals surface area contributed by atoms with Crippen molar-refractivity contribution >= 4 is 5.69 Å². The van der Waals surface area contributed by atoms with Gasteiger partial charge in [0.25, 0.3) is 6.43 Å². The molecule has 1 aliphatic carbocycles. The van der Waals surface area contributed by atoms with E-state index in [2.05, 4.69) is 5.32 Å². The molecule has 6 heteroatoms. The molecule has 0 aliphatic heterocycles. The van der Waals surface area contributed by atoms with Gasteiger partial charge in [0.15, 0.2) is 0 Å². The van der Waals surface area contributed by atoms with E-state index in [0.29, 0.717) is 18.2 Å². The highest BCUT2D eigenvalue weighted by Crippen LogP contribution is 2.25. The summed E-state index contributed by atoms with van der Waals surface area (Å²) in [5.74, 6) is -1.62. The summed E-state index contributed by atoms with van der Waals surface area (Å²) in [4.78, 5) is 0.896. The van der Waals surface area contributed by atoms with E-state index in [9.17, 15) is 17.6 Å². The van der Waals surface area contributed by atoms with Crippen molar-refractivity contribution in [1.29, 1.82) is 0 Å². The first-order valence-corrected chi connectivity index (χ1v) is 6.18. The summed E-state index contributed by atoms with van der Waals surface area (Å²) in [6, 6.07) is 2.82. The lowest BCUT2D eigenvalue weighted by atomic mass is 10.1. The summed E-state index contributed by atoms with van der Waals surface area (Å²) in [6.07, 6.45) is -0.472. The van der Waals surface area contributed by atoms with Crippen LogP contribution in [-0.4, -0.2) is 26.1 Å². The van der Waals surface area contributed by atoms with Gasteiger partial charge in [-0.15, -0.1) is 0 Å². The predicted octanol–water partition coefficient (Wildman–Crippen LogP) is 2.92. The Morgan fingerprint density at radius 1 is 1.26 bits per heavy atom. The molecule has 0 heterocycles. The first-order chi connectivity index (χ1) is 8.97. The van der Waals surface area contributed by atoms with E-state index in [0.717, 1.165) is 17.7 Å². The van der Waals surface area contributed by atoms with E-state index < -0.39 is 30.3 Å². The quantitative estimate of drug-likeness (QED) is 0.804. The van der Waals surface area contributed by atoms with Crippen molar-refractivity contribution < 1.29 is 17.6 Å². The molecule has 0 aromatic heterocycles. The molecular formula is C13H16F4N2. The van der Waals surface area contributed by atoms with Crippen LogP contribution < -0.4 is 10.2 Å². The van der Waals surface area contributed by atoms with Crippen LogP contribution in [0.25, 0.3) is 0 Å². The SMILES string of the molecule is CN(CC(F)F)c1c(F)cc(CNC2CC2)cc1F. The molecule has 0 atom stereocenters. The van der Waals surface area contributed by atoms with Crippen LogP contribution in [0.1, 0.15) is 18.4 Å². The van der Waals surface area contributed by atoms with Gasteiger partial charge in [-0.25, -0.2) is 17.6 Å². The third-order valence-corrected chi connectivity index (χ3v) is 3.04. The van der Waals surface area contributed by atoms with Gasteiger partial charge in [-0.05, 0) is 30.5 Å². The van der Waals surface area contributed by atoms with Gasteiger partial charge in [0.1, 0.15) is 17.3 Å². The molecular weight excluding hydrogens is 260 g/mol. The summed E-state index contributed by atoms with van der Waals surface area (Å²) in [7, 11) is 1.25. The number of alkyl halides is 2. The zero-order chi connectivity index (χ0) is 14.0. The summed E-state index contributed by atoms with van der Waals surface area (Å²) >= 11 is 0. The highest BCUT2D eigenvalue weighted by molar-refractivity contribution is 5.50. The molecule has 0 spiro atoms. The van der Waals surface area contributed by atoms with Gasteiger partial charge in [-0.1, -0.05) is 0 Å². The van der Waals surface area contributed by atoms with Crippen LogP contribution in [0.3, 0.4) is 0 Å². The number of rotatable bonds is 6. The molecule has 0 amide bonds. The van der Waals surface area contributed by atoms with Gasteiger partial charge in [0.05, 0.1) is 6.54 Å². The summed E-state index contributed by atoms with van der Waals surface area (Å²) in [5, 5.41) is 3.14. The van der Waals surface area contributed by atoms with Gasteiger partial charge in [-0.2, -0.15) is 0 Å². The predicted molar refractivity (Wildman–Crippen MR) is 65.5 cm³/mol. The topological polar surface area (TPSA) is 15.3 Å². The molecule has 1 saturated carbocycles. The molecule has 2 nitrogen and oxygen atoms in total. The molecule has 0 radical (unpaired) electrons. The van der Waals surface area contributed by atoms with Crippen LogP contribution in [0, 0.1) is 11.6 Å². The first kappa shape index (κ1) is 14.1. The maximum absolute atomic E-state index is 13.8. The van der Waals surface area contributed by atoms with Crippen LogP contribution in [0.5, 0.6) is 0 Å². The number of benzene rings is 1. The largest absolute Gasteiger partial charge is 0.364 e. The number of halogens is 4. The van der Waals surface area contributed by atoms with Crippen LogP contribution in [0.15, 0.2) is 12.1 Å². The number of anilines is 1. The molecule has 1 N–H and O–H groups in total. The van der Waals surface area contributed by atoms with E-state index in [4.69, 9.17) is 0 Å². The van der Waals surface area contributed by atoms with Crippen molar-refractivity contribution in [1.82, 2.24) is 5.32 Å². The minimum absolute atomic E-state index is 0.386. The molecule has 106 valence electrons. The zero-order valence-corrected chi connectivity index (χ0v) is 10.6. The summed E-state index contributed by atoms with van der Waals surface area (Å²) in [6.45, 7) is -0.315. The molecule has 1 fully saturated rings. The van der Waals surface area contributed by atoms with Crippen molar-refractivity contribution in [2.24, 2.45) is 0 Å². The Bertz CT molecular complexity index is 423. The lowest BCUT2D eigenvalue weighted by molar-refractivity contribution is 0.156. The van der Waals surface area contributed by atoms with E-state index >= 15 is 0 Å². The molecule has 0 bridgehead atoms. The molecule has 1 aromatic rings. The van der Waals surface area contributed by atoms with Crippen molar-refractivity contribution in [3.8, 4) is 0 Å². The summed E-state index contributed by atoms with van der Waals surface area (Å²) in [5.41, 5.74) is 0.0755. The van der Waals surface area contributed by atoms with Crippen LogP contribution in [0.4, 0.5) is 23.2 Å². The Hall–Kier alpha value is -1.30. The average molecular weight is 276 g/mol. The maximum atomic E-state index is 13.8.